The second kappa shape index (κ2) is 4.80. The molecule has 1 rings (SSSR count). The minimum Gasteiger partial charge on any atom is -0.395 e. The smallest absolute Gasteiger partial charge is 0.125 e. The lowest BCUT2D eigenvalue weighted by Gasteiger charge is -2.30. The van der Waals surface area contributed by atoms with Crippen LogP contribution in [0.1, 0.15) is 12.5 Å². The van der Waals surface area contributed by atoms with Gasteiger partial charge >= 0.3 is 0 Å². The van der Waals surface area contributed by atoms with Gasteiger partial charge in [-0.2, -0.15) is 0 Å². The van der Waals surface area contributed by atoms with Crippen molar-refractivity contribution in [3.63, 3.8) is 0 Å². The van der Waals surface area contributed by atoms with Crippen LogP contribution in [0, 0.1) is 5.82 Å². The van der Waals surface area contributed by atoms with Gasteiger partial charge in [0.1, 0.15) is 5.82 Å². The van der Waals surface area contributed by atoms with Crippen LogP contribution in [-0.4, -0.2) is 32.4 Å². The second-order valence-corrected chi connectivity index (χ2v) is 4.48. The number of aliphatic hydroxyl groups is 1. The molecule has 0 amide bonds. The first-order chi connectivity index (χ1) is 7.44. The maximum absolute atomic E-state index is 13.2. The summed E-state index contributed by atoms with van der Waals surface area (Å²) in [7, 11) is 3.68. The van der Waals surface area contributed by atoms with Crippen molar-refractivity contribution >= 4 is 5.69 Å². The van der Waals surface area contributed by atoms with Crippen LogP contribution in [0.3, 0.4) is 0 Å². The van der Waals surface area contributed by atoms with Gasteiger partial charge in [-0.1, -0.05) is 13.0 Å². The van der Waals surface area contributed by atoms with Gasteiger partial charge in [0.15, 0.2) is 0 Å². The summed E-state index contributed by atoms with van der Waals surface area (Å²) in [6.07, 6.45) is 0. The van der Waals surface area contributed by atoms with E-state index in [1.165, 1.54) is 12.1 Å². The summed E-state index contributed by atoms with van der Waals surface area (Å²) in [4.78, 5) is 1.82. The molecule has 0 radical (unpaired) electrons. The third kappa shape index (κ3) is 2.33. The number of aliphatic hydroxyl groups excluding tert-OH is 1. The minimum absolute atomic E-state index is 0.0596. The van der Waals surface area contributed by atoms with Gasteiger partial charge < -0.3 is 15.7 Å². The van der Waals surface area contributed by atoms with Gasteiger partial charge in [-0.15, -0.1) is 0 Å². The Hall–Kier alpha value is -1.13. The van der Waals surface area contributed by atoms with Crippen molar-refractivity contribution in [3.8, 4) is 0 Å². The third-order valence-corrected chi connectivity index (χ3v) is 2.89. The van der Waals surface area contributed by atoms with E-state index in [0.717, 1.165) is 11.3 Å². The molecule has 1 aromatic carbocycles. The maximum atomic E-state index is 13.2. The first-order valence-corrected chi connectivity index (χ1v) is 5.23. The van der Waals surface area contributed by atoms with E-state index in [4.69, 9.17) is 5.73 Å². The monoisotopic (exact) mass is 226 g/mol. The fourth-order valence-corrected chi connectivity index (χ4v) is 1.64. The van der Waals surface area contributed by atoms with Gasteiger partial charge in [0.2, 0.25) is 0 Å². The van der Waals surface area contributed by atoms with E-state index in [9.17, 15) is 9.50 Å². The summed E-state index contributed by atoms with van der Waals surface area (Å²) in [6, 6.07) is 4.54. The van der Waals surface area contributed by atoms with Crippen LogP contribution in [0.2, 0.25) is 0 Å². The van der Waals surface area contributed by atoms with Gasteiger partial charge in [0.25, 0.3) is 0 Å². The molecule has 16 heavy (non-hydrogen) atoms. The molecule has 0 saturated heterocycles. The topological polar surface area (TPSA) is 49.5 Å². The summed E-state index contributed by atoms with van der Waals surface area (Å²) in [5.41, 5.74) is 6.77. The molecule has 0 saturated carbocycles. The largest absolute Gasteiger partial charge is 0.395 e. The molecule has 1 aromatic rings. The molecular weight excluding hydrogens is 207 g/mol. The van der Waals surface area contributed by atoms with Crippen molar-refractivity contribution in [2.75, 3.05) is 32.1 Å². The summed E-state index contributed by atoms with van der Waals surface area (Å²) in [5, 5.41) is 9.42. The normalized spacial score (nSPS) is 14.6. The fraction of sp³-hybridized carbons (Fsp3) is 0.500. The van der Waals surface area contributed by atoms with E-state index in [2.05, 4.69) is 0 Å². The van der Waals surface area contributed by atoms with Gasteiger partial charge in [-0.3, -0.25) is 0 Å². The van der Waals surface area contributed by atoms with E-state index in [1.54, 1.807) is 6.07 Å². The lowest BCUT2D eigenvalue weighted by atomic mass is 9.82. The second-order valence-electron chi connectivity index (χ2n) is 4.48. The molecule has 3 N–H and O–H groups in total. The molecule has 0 heterocycles. The highest BCUT2D eigenvalue weighted by atomic mass is 19.1. The average Bonchev–Trinajstić information content (AvgIpc) is 2.27. The lowest BCUT2D eigenvalue weighted by Crippen LogP contribution is -2.37. The molecular formula is C12H19FN2O. The Bertz CT molecular complexity index is 362. The minimum atomic E-state index is -0.534. The van der Waals surface area contributed by atoms with Crippen LogP contribution in [0.15, 0.2) is 18.2 Å². The Balaban J connectivity index is 3.32. The van der Waals surface area contributed by atoms with E-state index in [-0.39, 0.29) is 12.4 Å². The summed E-state index contributed by atoms with van der Waals surface area (Å²) >= 11 is 0. The zero-order chi connectivity index (χ0) is 12.3. The van der Waals surface area contributed by atoms with Crippen molar-refractivity contribution in [3.05, 3.63) is 29.6 Å². The fourth-order valence-electron chi connectivity index (χ4n) is 1.64. The number of hydrogen-bond acceptors (Lipinski definition) is 3. The van der Waals surface area contributed by atoms with Crippen LogP contribution in [0.25, 0.3) is 0 Å². The number of hydrogen-bond donors (Lipinski definition) is 2. The quantitative estimate of drug-likeness (QED) is 0.808. The van der Waals surface area contributed by atoms with Crippen LogP contribution in [0.4, 0.5) is 10.1 Å². The van der Waals surface area contributed by atoms with E-state index >= 15 is 0 Å². The van der Waals surface area contributed by atoms with Gasteiger partial charge in [0, 0.05) is 31.7 Å². The number of halogens is 1. The third-order valence-electron chi connectivity index (χ3n) is 2.89. The van der Waals surface area contributed by atoms with Crippen molar-refractivity contribution in [2.24, 2.45) is 5.73 Å². The zero-order valence-corrected chi connectivity index (χ0v) is 10.00. The lowest BCUT2D eigenvalue weighted by molar-refractivity contribution is 0.210. The van der Waals surface area contributed by atoms with E-state index < -0.39 is 5.41 Å². The van der Waals surface area contributed by atoms with Crippen LogP contribution in [0.5, 0.6) is 0 Å². The number of nitrogens with zero attached hydrogens (tertiary/aromatic N) is 1. The molecule has 4 heteroatoms. The highest BCUT2D eigenvalue weighted by molar-refractivity contribution is 5.56. The van der Waals surface area contributed by atoms with Crippen molar-refractivity contribution < 1.29 is 9.50 Å². The summed E-state index contributed by atoms with van der Waals surface area (Å²) in [5.74, 6) is -0.287. The van der Waals surface area contributed by atoms with Gasteiger partial charge in [0.05, 0.1) is 6.61 Å². The van der Waals surface area contributed by atoms with Gasteiger partial charge in [-0.05, 0) is 17.7 Å². The number of benzene rings is 1. The Morgan fingerprint density at radius 3 is 2.50 bits per heavy atom. The molecule has 0 fully saturated rings. The number of nitrogens with two attached hydrogens (primary N) is 1. The Kier molecular flexibility index (Phi) is 3.88. The Morgan fingerprint density at radius 1 is 1.44 bits per heavy atom. The maximum Gasteiger partial charge on any atom is 0.125 e. The summed E-state index contributed by atoms with van der Waals surface area (Å²) < 4.78 is 13.2. The van der Waals surface area contributed by atoms with Crippen molar-refractivity contribution in [2.45, 2.75) is 12.3 Å². The van der Waals surface area contributed by atoms with Crippen molar-refractivity contribution in [1.82, 2.24) is 0 Å². The Morgan fingerprint density at radius 2 is 2.06 bits per heavy atom. The van der Waals surface area contributed by atoms with Crippen molar-refractivity contribution in [1.29, 1.82) is 0 Å². The molecule has 0 aliphatic carbocycles. The molecule has 90 valence electrons. The molecule has 0 bridgehead atoms. The standard InChI is InChI=1S/C12H19FN2O/c1-12(7-14,8-16)10-5-4-9(13)6-11(10)15(2)3/h4-6,16H,7-8,14H2,1-3H3. The summed E-state index contributed by atoms with van der Waals surface area (Å²) in [6.45, 7) is 2.12. The first-order valence-electron chi connectivity index (χ1n) is 5.23. The number of rotatable bonds is 4. The van der Waals surface area contributed by atoms with Crippen LogP contribution < -0.4 is 10.6 Å². The van der Waals surface area contributed by atoms with E-state index in [0.29, 0.717) is 6.54 Å². The first kappa shape index (κ1) is 12.9. The highest BCUT2D eigenvalue weighted by Crippen LogP contribution is 2.31. The SMILES string of the molecule is CN(C)c1cc(F)ccc1C(C)(CN)CO. The molecule has 3 nitrogen and oxygen atoms in total. The predicted molar refractivity (Wildman–Crippen MR) is 64.2 cm³/mol. The molecule has 0 aromatic heterocycles. The van der Waals surface area contributed by atoms with E-state index in [1.807, 2.05) is 25.9 Å². The molecule has 0 aliphatic heterocycles. The number of anilines is 1. The highest BCUT2D eigenvalue weighted by Gasteiger charge is 2.27. The molecule has 0 aliphatic rings. The Labute approximate surface area is 95.7 Å². The molecule has 0 spiro atoms. The average molecular weight is 226 g/mol. The zero-order valence-electron chi connectivity index (χ0n) is 10.00. The molecule has 1 unspecified atom stereocenters. The van der Waals surface area contributed by atoms with Gasteiger partial charge in [-0.25, -0.2) is 4.39 Å². The molecule has 1 atom stereocenters. The predicted octanol–water partition coefficient (Wildman–Crippen LogP) is 1.10. The van der Waals surface area contributed by atoms with Crippen LogP contribution >= 0.6 is 0 Å². The van der Waals surface area contributed by atoms with Crippen LogP contribution in [-0.2, 0) is 5.41 Å².